The number of aryl methyl sites for hydroxylation is 2. The zero-order valence-electron chi connectivity index (χ0n) is 16.0. The van der Waals surface area contributed by atoms with Crippen LogP contribution in [0.3, 0.4) is 0 Å². The average Bonchev–Trinajstić information content (AvgIpc) is 3.01. The standard InChI is InChI=1S/C19H26N4O3S/c1-14-18(15(2)21-20-14)27(25,26)23-11-9-17(10-12-23)19(24)22(3)13-16-7-5-4-6-8-16/h4-8,17H,9-13H2,1-3H3,(H,20,21). The van der Waals surface area contributed by atoms with Crippen LogP contribution in [0.1, 0.15) is 29.8 Å². The molecule has 7 nitrogen and oxygen atoms in total. The molecule has 3 rings (SSSR count). The van der Waals surface area contributed by atoms with Crippen molar-refractivity contribution in [1.82, 2.24) is 19.4 Å². The number of amides is 1. The lowest BCUT2D eigenvalue weighted by molar-refractivity contribution is -0.135. The normalized spacial score (nSPS) is 16.4. The van der Waals surface area contributed by atoms with E-state index in [0.29, 0.717) is 43.9 Å². The molecule has 0 aliphatic carbocycles. The first-order valence-corrected chi connectivity index (χ1v) is 10.6. The van der Waals surface area contributed by atoms with Gasteiger partial charge in [0.1, 0.15) is 4.90 Å². The lowest BCUT2D eigenvalue weighted by Crippen LogP contribution is -2.43. The Morgan fingerprint density at radius 3 is 2.41 bits per heavy atom. The van der Waals surface area contributed by atoms with Gasteiger partial charge in [-0.1, -0.05) is 30.3 Å². The fourth-order valence-electron chi connectivity index (χ4n) is 3.64. The molecule has 0 radical (unpaired) electrons. The number of carbonyl (C=O) groups excluding carboxylic acids is 1. The highest BCUT2D eigenvalue weighted by atomic mass is 32.2. The number of aromatic amines is 1. The molecule has 1 aliphatic rings. The van der Waals surface area contributed by atoms with Crippen LogP contribution in [-0.4, -0.2) is 53.9 Å². The Hall–Kier alpha value is -2.19. The maximum absolute atomic E-state index is 12.9. The van der Waals surface area contributed by atoms with Gasteiger partial charge in [0.05, 0.1) is 11.4 Å². The van der Waals surface area contributed by atoms with Gasteiger partial charge >= 0.3 is 0 Å². The third-order valence-electron chi connectivity index (χ3n) is 5.10. The minimum absolute atomic E-state index is 0.0755. The molecule has 1 N–H and O–H groups in total. The second-order valence-corrected chi connectivity index (χ2v) is 9.00. The summed E-state index contributed by atoms with van der Waals surface area (Å²) in [5, 5.41) is 6.72. The Morgan fingerprint density at radius 1 is 1.22 bits per heavy atom. The second kappa shape index (κ2) is 7.82. The number of rotatable bonds is 5. The number of hydrogen-bond donors (Lipinski definition) is 1. The topological polar surface area (TPSA) is 86.4 Å². The number of H-pyrrole nitrogens is 1. The van der Waals surface area contributed by atoms with Crippen molar-refractivity contribution in [3.05, 3.63) is 47.3 Å². The van der Waals surface area contributed by atoms with Crippen molar-refractivity contribution in [3.63, 3.8) is 0 Å². The van der Waals surface area contributed by atoms with Crippen LogP contribution < -0.4 is 0 Å². The molecular weight excluding hydrogens is 364 g/mol. The highest BCUT2D eigenvalue weighted by Gasteiger charge is 2.35. The van der Waals surface area contributed by atoms with Crippen LogP contribution in [-0.2, 0) is 21.4 Å². The van der Waals surface area contributed by atoms with Crippen LogP contribution in [0.15, 0.2) is 35.2 Å². The fourth-order valence-corrected chi connectivity index (χ4v) is 5.44. The number of piperidine rings is 1. The van der Waals surface area contributed by atoms with Crippen LogP contribution >= 0.6 is 0 Å². The first-order valence-electron chi connectivity index (χ1n) is 9.11. The second-order valence-electron chi connectivity index (χ2n) is 7.12. The molecule has 0 bridgehead atoms. The van der Waals surface area contributed by atoms with Gasteiger partial charge in [0.15, 0.2) is 0 Å². The van der Waals surface area contributed by atoms with Crippen molar-refractivity contribution in [2.24, 2.45) is 5.92 Å². The van der Waals surface area contributed by atoms with Crippen LogP contribution in [0.2, 0.25) is 0 Å². The van der Waals surface area contributed by atoms with Gasteiger partial charge < -0.3 is 4.90 Å². The van der Waals surface area contributed by atoms with Gasteiger partial charge in [-0.05, 0) is 32.3 Å². The van der Waals surface area contributed by atoms with Gasteiger partial charge in [0.2, 0.25) is 15.9 Å². The lowest BCUT2D eigenvalue weighted by Gasteiger charge is -2.32. The zero-order chi connectivity index (χ0) is 19.6. The summed E-state index contributed by atoms with van der Waals surface area (Å²) in [6, 6.07) is 9.85. The average molecular weight is 391 g/mol. The lowest BCUT2D eigenvalue weighted by atomic mass is 9.96. The highest BCUT2D eigenvalue weighted by molar-refractivity contribution is 7.89. The molecule has 2 heterocycles. The molecule has 0 unspecified atom stereocenters. The molecule has 1 aromatic carbocycles. The van der Waals surface area contributed by atoms with Crippen molar-refractivity contribution in [2.45, 2.75) is 38.1 Å². The van der Waals surface area contributed by atoms with Crippen molar-refractivity contribution in [1.29, 1.82) is 0 Å². The van der Waals surface area contributed by atoms with Crippen molar-refractivity contribution < 1.29 is 13.2 Å². The smallest absolute Gasteiger partial charge is 0.246 e. The quantitative estimate of drug-likeness (QED) is 0.847. The van der Waals surface area contributed by atoms with Crippen LogP contribution in [0.5, 0.6) is 0 Å². The van der Waals surface area contributed by atoms with E-state index in [0.717, 1.165) is 5.56 Å². The molecule has 1 aromatic heterocycles. The summed E-state index contributed by atoms with van der Waals surface area (Å²) < 4.78 is 27.3. The number of aromatic nitrogens is 2. The molecule has 1 aliphatic heterocycles. The van der Waals surface area contributed by atoms with Crippen LogP contribution in [0.25, 0.3) is 0 Å². The first-order chi connectivity index (χ1) is 12.8. The van der Waals surface area contributed by atoms with Crippen molar-refractivity contribution >= 4 is 15.9 Å². The number of hydrogen-bond acceptors (Lipinski definition) is 4. The number of carbonyl (C=O) groups is 1. The summed E-state index contributed by atoms with van der Waals surface area (Å²) in [6.45, 7) is 4.66. The van der Waals surface area contributed by atoms with Crippen molar-refractivity contribution in [3.8, 4) is 0 Å². The molecule has 1 fully saturated rings. The first kappa shape index (κ1) is 19.6. The predicted octanol–water partition coefficient (Wildman–Crippen LogP) is 2.09. The Balaban J connectivity index is 1.62. The Morgan fingerprint density at radius 2 is 1.85 bits per heavy atom. The molecular formula is C19H26N4O3S. The molecule has 146 valence electrons. The van der Waals surface area contributed by atoms with E-state index in [1.807, 2.05) is 30.3 Å². The molecule has 1 amide bonds. The van der Waals surface area contributed by atoms with Crippen LogP contribution in [0.4, 0.5) is 0 Å². The number of nitrogens with one attached hydrogen (secondary N) is 1. The van der Waals surface area contributed by atoms with Gasteiger partial charge in [-0.25, -0.2) is 8.42 Å². The summed E-state index contributed by atoms with van der Waals surface area (Å²) >= 11 is 0. The largest absolute Gasteiger partial charge is 0.341 e. The van der Waals surface area contributed by atoms with E-state index >= 15 is 0 Å². The molecule has 27 heavy (non-hydrogen) atoms. The van der Waals surface area contributed by atoms with E-state index < -0.39 is 10.0 Å². The summed E-state index contributed by atoms with van der Waals surface area (Å²) in [6.07, 6.45) is 1.07. The molecule has 2 aromatic rings. The molecule has 0 atom stereocenters. The minimum Gasteiger partial charge on any atom is -0.341 e. The number of sulfonamides is 1. The Kier molecular flexibility index (Phi) is 5.67. The van der Waals surface area contributed by atoms with E-state index in [2.05, 4.69) is 10.2 Å². The minimum atomic E-state index is -3.58. The SMILES string of the molecule is Cc1n[nH]c(C)c1S(=O)(=O)N1CCC(C(=O)N(C)Cc2ccccc2)CC1. The Bertz CT molecular complexity index is 881. The van der Waals surface area contributed by atoms with Gasteiger partial charge in [-0.3, -0.25) is 9.89 Å². The van der Waals surface area contributed by atoms with Gasteiger partial charge in [0, 0.05) is 32.6 Å². The summed E-state index contributed by atoms with van der Waals surface area (Å²) in [5.41, 5.74) is 2.11. The third-order valence-corrected chi connectivity index (χ3v) is 7.26. The molecule has 0 saturated carbocycles. The van der Waals surface area contributed by atoms with Crippen LogP contribution in [0, 0.1) is 19.8 Å². The molecule has 0 spiro atoms. The van der Waals surface area contributed by atoms with E-state index in [1.165, 1.54) is 4.31 Å². The maximum Gasteiger partial charge on any atom is 0.246 e. The maximum atomic E-state index is 12.9. The van der Waals surface area contributed by atoms with Gasteiger partial charge in [0.25, 0.3) is 0 Å². The monoisotopic (exact) mass is 390 g/mol. The number of benzene rings is 1. The summed E-state index contributed by atoms with van der Waals surface area (Å²) in [4.78, 5) is 14.7. The van der Waals surface area contributed by atoms with Gasteiger partial charge in [-0.2, -0.15) is 9.40 Å². The Labute approximate surface area is 160 Å². The zero-order valence-corrected chi connectivity index (χ0v) is 16.8. The number of nitrogens with zero attached hydrogens (tertiary/aromatic N) is 3. The van der Waals surface area contributed by atoms with E-state index in [-0.39, 0.29) is 16.7 Å². The van der Waals surface area contributed by atoms with E-state index in [1.54, 1.807) is 25.8 Å². The molecule has 1 saturated heterocycles. The van der Waals surface area contributed by atoms with Gasteiger partial charge in [-0.15, -0.1) is 0 Å². The summed E-state index contributed by atoms with van der Waals surface area (Å²) in [7, 11) is -1.78. The highest BCUT2D eigenvalue weighted by Crippen LogP contribution is 2.27. The molecule has 8 heteroatoms. The fraction of sp³-hybridized carbons (Fsp3) is 0.474. The van der Waals surface area contributed by atoms with E-state index in [4.69, 9.17) is 0 Å². The third kappa shape index (κ3) is 4.06. The van der Waals surface area contributed by atoms with Crippen molar-refractivity contribution in [2.75, 3.05) is 20.1 Å². The summed E-state index contributed by atoms with van der Waals surface area (Å²) in [5.74, 6) is -0.0664. The van der Waals surface area contributed by atoms with E-state index in [9.17, 15) is 13.2 Å². The predicted molar refractivity (Wildman–Crippen MR) is 102 cm³/mol.